The van der Waals surface area contributed by atoms with Gasteiger partial charge in [-0.25, -0.2) is 0 Å². The summed E-state index contributed by atoms with van der Waals surface area (Å²) in [5, 5.41) is 11.8. The third-order valence-electron chi connectivity index (χ3n) is 2.13. The molecular weight excluding hydrogens is 162 g/mol. The van der Waals surface area contributed by atoms with E-state index in [2.05, 4.69) is 5.16 Å². The number of rotatable bonds is 0. The molecule has 0 aliphatic heterocycles. The van der Waals surface area contributed by atoms with Crippen LogP contribution in [0.2, 0.25) is 0 Å². The van der Waals surface area contributed by atoms with E-state index in [1.54, 1.807) is 0 Å². The summed E-state index contributed by atoms with van der Waals surface area (Å²) >= 11 is 5.97. The first-order valence-corrected chi connectivity index (χ1v) is 4.63. The van der Waals surface area contributed by atoms with E-state index in [0.717, 1.165) is 31.4 Å². The van der Waals surface area contributed by atoms with Crippen LogP contribution in [0.1, 0.15) is 38.5 Å². The van der Waals surface area contributed by atoms with E-state index < -0.39 is 0 Å². The van der Waals surface area contributed by atoms with Gasteiger partial charge < -0.3 is 5.21 Å². The second-order valence-electron chi connectivity index (χ2n) is 3.01. The molecule has 0 spiro atoms. The molecule has 11 heavy (non-hydrogen) atoms. The SMILES string of the molecule is O/N=C1/CCCCCC[C@@H]1Cl. The van der Waals surface area contributed by atoms with E-state index in [0.29, 0.717) is 0 Å². The van der Waals surface area contributed by atoms with Crippen LogP contribution >= 0.6 is 11.6 Å². The molecule has 0 aromatic heterocycles. The van der Waals surface area contributed by atoms with Crippen LogP contribution in [0.25, 0.3) is 0 Å². The quantitative estimate of drug-likeness (QED) is 0.343. The molecule has 2 nitrogen and oxygen atoms in total. The van der Waals surface area contributed by atoms with Crippen molar-refractivity contribution in [2.75, 3.05) is 0 Å². The number of oxime groups is 1. The molecule has 1 aliphatic carbocycles. The molecule has 0 aromatic rings. The van der Waals surface area contributed by atoms with Gasteiger partial charge in [-0.15, -0.1) is 11.6 Å². The van der Waals surface area contributed by atoms with E-state index in [-0.39, 0.29) is 5.38 Å². The van der Waals surface area contributed by atoms with Gasteiger partial charge in [-0.05, 0) is 19.3 Å². The fourth-order valence-electron chi connectivity index (χ4n) is 1.42. The Labute approximate surface area is 72.2 Å². The zero-order valence-electron chi connectivity index (χ0n) is 6.59. The summed E-state index contributed by atoms with van der Waals surface area (Å²) in [5.74, 6) is 0. The van der Waals surface area contributed by atoms with E-state index in [9.17, 15) is 0 Å². The van der Waals surface area contributed by atoms with Crippen LogP contribution in [-0.2, 0) is 0 Å². The van der Waals surface area contributed by atoms with Crippen molar-refractivity contribution >= 4 is 17.3 Å². The summed E-state index contributed by atoms with van der Waals surface area (Å²) < 4.78 is 0. The predicted molar refractivity (Wildman–Crippen MR) is 46.6 cm³/mol. The number of hydrogen-bond acceptors (Lipinski definition) is 2. The van der Waals surface area contributed by atoms with Crippen LogP contribution in [0.4, 0.5) is 0 Å². The normalized spacial score (nSPS) is 31.4. The Hall–Kier alpha value is -0.240. The minimum absolute atomic E-state index is 0.0275. The Morgan fingerprint density at radius 2 is 2.00 bits per heavy atom. The highest BCUT2D eigenvalue weighted by Crippen LogP contribution is 2.19. The van der Waals surface area contributed by atoms with E-state index in [1.165, 1.54) is 12.8 Å². The fourth-order valence-corrected chi connectivity index (χ4v) is 1.73. The first kappa shape index (κ1) is 8.85. The van der Waals surface area contributed by atoms with E-state index in [1.807, 2.05) is 0 Å². The smallest absolute Gasteiger partial charge is 0.0751 e. The first-order valence-electron chi connectivity index (χ1n) is 4.19. The van der Waals surface area contributed by atoms with Gasteiger partial charge in [0.2, 0.25) is 0 Å². The summed E-state index contributed by atoms with van der Waals surface area (Å²) in [7, 11) is 0. The maximum atomic E-state index is 8.58. The van der Waals surface area contributed by atoms with Crippen molar-refractivity contribution in [3.8, 4) is 0 Å². The average molecular weight is 176 g/mol. The van der Waals surface area contributed by atoms with Crippen molar-refractivity contribution in [3.63, 3.8) is 0 Å². The summed E-state index contributed by atoms with van der Waals surface area (Å²) in [6.45, 7) is 0. The Morgan fingerprint density at radius 1 is 1.27 bits per heavy atom. The van der Waals surface area contributed by atoms with Crippen molar-refractivity contribution in [1.29, 1.82) is 0 Å². The third-order valence-corrected chi connectivity index (χ3v) is 2.60. The van der Waals surface area contributed by atoms with Crippen molar-refractivity contribution in [3.05, 3.63) is 0 Å². The lowest BCUT2D eigenvalue weighted by Crippen LogP contribution is -2.16. The number of halogens is 1. The largest absolute Gasteiger partial charge is 0.411 e. The van der Waals surface area contributed by atoms with Gasteiger partial charge in [0, 0.05) is 0 Å². The van der Waals surface area contributed by atoms with Crippen LogP contribution in [0.3, 0.4) is 0 Å². The van der Waals surface area contributed by atoms with Gasteiger partial charge in [0.15, 0.2) is 0 Å². The van der Waals surface area contributed by atoms with Gasteiger partial charge in [-0.3, -0.25) is 0 Å². The van der Waals surface area contributed by atoms with Gasteiger partial charge in [0.1, 0.15) is 0 Å². The van der Waals surface area contributed by atoms with Gasteiger partial charge >= 0.3 is 0 Å². The molecule has 1 N–H and O–H groups in total. The Kier molecular flexibility index (Phi) is 3.70. The van der Waals surface area contributed by atoms with Crippen LogP contribution in [-0.4, -0.2) is 16.3 Å². The highest BCUT2D eigenvalue weighted by atomic mass is 35.5. The zero-order chi connectivity index (χ0) is 8.10. The molecule has 64 valence electrons. The minimum atomic E-state index is -0.0275. The highest BCUT2D eigenvalue weighted by Gasteiger charge is 2.15. The Balaban J connectivity index is 2.46. The molecule has 1 aliphatic rings. The zero-order valence-corrected chi connectivity index (χ0v) is 7.35. The van der Waals surface area contributed by atoms with Crippen molar-refractivity contribution in [1.82, 2.24) is 0 Å². The maximum Gasteiger partial charge on any atom is 0.0751 e. The standard InChI is InChI=1S/C8H14ClNO/c9-7-5-3-1-2-4-6-8(7)10-11/h7,11H,1-6H2/b10-8-/t7-/m0/s1. The average Bonchev–Trinajstić information content (AvgIpc) is 1.98. The summed E-state index contributed by atoms with van der Waals surface area (Å²) in [5.41, 5.74) is 0.770. The van der Waals surface area contributed by atoms with E-state index >= 15 is 0 Å². The van der Waals surface area contributed by atoms with Crippen molar-refractivity contribution in [2.24, 2.45) is 5.16 Å². The summed E-state index contributed by atoms with van der Waals surface area (Å²) in [6.07, 6.45) is 6.60. The molecule has 1 fully saturated rings. The number of alkyl halides is 1. The first-order chi connectivity index (χ1) is 5.34. The Bertz CT molecular complexity index is 147. The van der Waals surface area contributed by atoms with Gasteiger partial charge in [0.25, 0.3) is 0 Å². The molecule has 1 rings (SSSR count). The number of hydrogen-bond donors (Lipinski definition) is 1. The molecule has 3 heteroatoms. The molecule has 0 radical (unpaired) electrons. The maximum absolute atomic E-state index is 8.58. The second kappa shape index (κ2) is 4.60. The monoisotopic (exact) mass is 175 g/mol. The predicted octanol–water partition coefficient (Wildman–Crippen LogP) is 2.78. The lowest BCUT2D eigenvalue weighted by atomic mass is 9.99. The van der Waals surface area contributed by atoms with Crippen LogP contribution < -0.4 is 0 Å². The number of nitrogens with zero attached hydrogens (tertiary/aromatic N) is 1. The van der Waals surface area contributed by atoms with Crippen molar-refractivity contribution in [2.45, 2.75) is 43.9 Å². The molecule has 0 heterocycles. The van der Waals surface area contributed by atoms with Gasteiger partial charge in [0.05, 0.1) is 11.1 Å². The molecule has 1 saturated carbocycles. The molecule has 0 bridgehead atoms. The van der Waals surface area contributed by atoms with E-state index in [4.69, 9.17) is 16.8 Å². The molecule has 0 amide bonds. The summed E-state index contributed by atoms with van der Waals surface area (Å²) in [4.78, 5) is 0. The third kappa shape index (κ3) is 2.70. The topological polar surface area (TPSA) is 32.6 Å². The molecule has 0 aromatic carbocycles. The van der Waals surface area contributed by atoms with Gasteiger partial charge in [-0.2, -0.15) is 0 Å². The summed E-state index contributed by atoms with van der Waals surface area (Å²) in [6, 6.07) is 0. The second-order valence-corrected chi connectivity index (χ2v) is 3.54. The van der Waals surface area contributed by atoms with Crippen LogP contribution in [0.15, 0.2) is 5.16 Å². The van der Waals surface area contributed by atoms with Crippen molar-refractivity contribution < 1.29 is 5.21 Å². The van der Waals surface area contributed by atoms with Crippen LogP contribution in [0.5, 0.6) is 0 Å². The lowest BCUT2D eigenvalue weighted by Gasteiger charge is -2.14. The molecule has 1 atom stereocenters. The lowest BCUT2D eigenvalue weighted by molar-refractivity contribution is 0.315. The fraction of sp³-hybridized carbons (Fsp3) is 0.875. The van der Waals surface area contributed by atoms with Gasteiger partial charge in [-0.1, -0.05) is 24.4 Å². The Morgan fingerprint density at radius 3 is 2.73 bits per heavy atom. The highest BCUT2D eigenvalue weighted by molar-refractivity contribution is 6.32. The minimum Gasteiger partial charge on any atom is -0.411 e. The molecule has 0 unspecified atom stereocenters. The molecular formula is C8H14ClNO. The van der Waals surface area contributed by atoms with Crippen LogP contribution in [0, 0.1) is 0 Å². The molecule has 0 saturated heterocycles.